The van der Waals surface area contributed by atoms with Gasteiger partial charge in [0.2, 0.25) is 5.91 Å². The standard InChI is InChI=1S/C9H11FN2O.C9H11NO.C9H12O.C7H16N2.C7H9NO.C7H15N.C6H14N2.C6H13N.C5H8O.C4H8O.C3H4.3CH4/c1-6-5-7(3-4-8(6)10)12-9(13)11-2;1-7-4-3-5-9(6-7)10-8(2)11;1-8-4-3-5-9(6-8)7-10-2;1-3-9-6-4-8(2)5-7-9;1-9-6-7-4-2-3-5-8-7;1-2-8-6-4-3-5-7-8;1-7-3-5-8(2)6-4-7;1-7-5-3-2-4-6-7;1-3-5(6)4-2;1-3-4(2)5;1-3-2;;;/h3-5H,1-2H3,(H2,11,12,13);3-6H,1-2H3,(H,10,11);3-6H,7H2,1-2H3;3-7H2,1-2H3;2-5H,6H2,1H3;2-7H2,1H3;3-6H2,1-2H3;2-6H2,1H3;3H,1,4H2,2H3;3H2,1-2H3;1H,2H3;3*1H4. The van der Waals surface area contributed by atoms with Gasteiger partial charge in [-0.2, -0.15) is 0 Å². The van der Waals surface area contributed by atoms with Crippen LogP contribution in [0.25, 0.3) is 0 Å². The zero-order valence-corrected chi connectivity index (χ0v) is 58.5. The van der Waals surface area contributed by atoms with Gasteiger partial charge in [-0.25, -0.2) is 9.18 Å². The molecule has 0 atom stereocenters. The number of allylic oxidation sites excluding steroid dienone is 1. The van der Waals surface area contributed by atoms with Gasteiger partial charge < -0.3 is 59.6 Å². The monoisotopic (exact) mass is 1290 g/mol. The van der Waals surface area contributed by atoms with Crippen molar-refractivity contribution < 1.29 is 33.0 Å². The Hall–Kier alpha value is -6.20. The number of nitrogens with one attached hydrogen (secondary N) is 3. The Morgan fingerprint density at radius 2 is 1.04 bits per heavy atom. The number of carbonyl (C=O) groups excluding carboxylic acids is 4. The number of halogens is 1. The molecule has 0 unspecified atom stereocenters. The second kappa shape index (κ2) is 66.3. The van der Waals surface area contributed by atoms with Crippen molar-refractivity contribution in [3.05, 3.63) is 138 Å². The molecule has 3 amide bonds. The first-order chi connectivity index (χ1) is 42.5. The Kier molecular flexibility index (Phi) is 69.8. The average molecular weight is 1290 g/mol. The van der Waals surface area contributed by atoms with Gasteiger partial charge in [0.15, 0.2) is 5.78 Å². The van der Waals surface area contributed by atoms with Crippen molar-refractivity contribution in [2.24, 2.45) is 0 Å². The third kappa shape index (κ3) is 61.3. The molecule has 4 aliphatic rings. The quantitative estimate of drug-likeness (QED) is 0.0965. The number of anilines is 2. The molecular weight excluding hydrogens is 1160 g/mol. The lowest BCUT2D eigenvalue weighted by Crippen LogP contribution is -2.44. The van der Waals surface area contributed by atoms with Crippen LogP contribution in [0.5, 0.6) is 0 Å². The van der Waals surface area contributed by atoms with Gasteiger partial charge in [0.25, 0.3) is 0 Å². The normalized spacial score (nSPS) is 14.1. The van der Waals surface area contributed by atoms with Gasteiger partial charge >= 0.3 is 6.03 Å². The van der Waals surface area contributed by atoms with E-state index in [1.807, 2.05) is 69.3 Å². The van der Waals surface area contributed by atoms with Crippen molar-refractivity contribution in [2.75, 3.05) is 152 Å². The van der Waals surface area contributed by atoms with Gasteiger partial charge in [-0.15, -0.1) is 12.3 Å². The molecule has 4 aliphatic heterocycles. The molecule has 0 aliphatic carbocycles. The number of hydrogen-bond acceptors (Lipinski definition) is 13. The lowest BCUT2D eigenvalue weighted by molar-refractivity contribution is -0.117. The van der Waals surface area contributed by atoms with Crippen molar-refractivity contribution in [1.82, 2.24) is 39.7 Å². The zero-order chi connectivity index (χ0) is 67.6. The van der Waals surface area contributed by atoms with Gasteiger partial charge in [0.05, 0.1) is 18.9 Å². The topological polar surface area (TPSA) is 155 Å². The number of piperidine rings is 2. The van der Waals surface area contributed by atoms with Crippen molar-refractivity contribution >= 4 is 34.9 Å². The first-order valence-electron chi connectivity index (χ1n) is 31.7. The largest absolute Gasteiger partial charge is 0.380 e. The summed E-state index contributed by atoms with van der Waals surface area (Å²) in [4.78, 5) is 59.9. The fourth-order valence-electron chi connectivity index (χ4n) is 7.98. The van der Waals surface area contributed by atoms with E-state index in [9.17, 15) is 23.6 Å². The highest BCUT2D eigenvalue weighted by Gasteiger charge is 2.11. The number of amides is 3. The number of terminal acetylenes is 1. The summed E-state index contributed by atoms with van der Waals surface area (Å²) in [5, 5.41) is 7.65. The number of carbonyl (C=O) groups is 4. The smallest absolute Gasteiger partial charge is 0.318 e. The third-order valence-corrected chi connectivity index (χ3v) is 13.7. The van der Waals surface area contributed by atoms with Crippen LogP contribution in [0.3, 0.4) is 0 Å². The van der Waals surface area contributed by atoms with Gasteiger partial charge in [-0.05, 0) is 193 Å². The predicted molar refractivity (Wildman–Crippen MR) is 395 cm³/mol. The molecule has 17 heteroatoms. The van der Waals surface area contributed by atoms with E-state index < -0.39 is 0 Å². The molecule has 4 aromatic rings. The fourth-order valence-corrected chi connectivity index (χ4v) is 7.98. The Morgan fingerprint density at radius 3 is 1.39 bits per heavy atom. The van der Waals surface area contributed by atoms with Crippen molar-refractivity contribution in [1.29, 1.82) is 0 Å². The number of ketones is 2. The summed E-state index contributed by atoms with van der Waals surface area (Å²) < 4.78 is 22.6. The molecular formula is C75H133FN10O6. The minimum absolute atomic E-state index is 0. The number of benzene rings is 3. The van der Waals surface area contributed by atoms with Gasteiger partial charge in [-0.1, -0.05) is 117 Å². The highest BCUT2D eigenvalue weighted by Crippen LogP contribution is 2.14. The lowest BCUT2D eigenvalue weighted by Gasteiger charge is -2.31. The Bertz CT molecular complexity index is 2410. The van der Waals surface area contributed by atoms with E-state index in [1.54, 1.807) is 47.3 Å². The fraction of sp³-hybridized carbons (Fsp3) is 0.587. The number of pyridine rings is 1. The van der Waals surface area contributed by atoms with E-state index in [4.69, 9.17) is 9.47 Å². The summed E-state index contributed by atoms with van der Waals surface area (Å²) in [6, 6.07) is 25.9. The van der Waals surface area contributed by atoms with Crippen LogP contribution in [0.1, 0.15) is 150 Å². The Balaban J connectivity index is -0.000000223. The average Bonchev–Trinajstić information content (AvgIpc) is 2.65. The summed E-state index contributed by atoms with van der Waals surface area (Å²) in [7, 11) is 13.6. The summed E-state index contributed by atoms with van der Waals surface area (Å²) >= 11 is 0. The van der Waals surface area contributed by atoms with Crippen LogP contribution in [0.4, 0.5) is 20.6 Å². The summed E-state index contributed by atoms with van der Waals surface area (Å²) in [6.07, 6.45) is 17.5. The summed E-state index contributed by atoms with van der Waals surface area (Å²) in [5.74, 6) is 2.30. The number of aryl methyl sites for hydroxylation is 3. The molecule has 5 heterocycles. The van der Waals surface area contributed by atoms with Crippen LogP contribution in [-0.2, 0) is 37.1 Å². The van der Waals surface area contributed by atoms with Gasteiger partial charge in [-0.3, -0.25) is 14.6 Å². The van der Waals surface area contributed by atoms with Crippen LogP contribution in [0.15, 0.2) is 104 Å². The highest BCUT2D eigenvalue weighted by molar-refractivity contribution is 5.89. The van der Waals surface area contributed by atoms with Crippen LogP contribution in [-0.4, -0.2) is 199 Å². The van der Waals surface area contributed by atoms with Crippen molar-refractivity contribution in [3.63, 3.8) is 0 Å². The summed E-state index contributed by atoms with van der Waals surface area (Å²) in [6.45, 7) is 40.9. The molecule has 0 spiro atoms. The third-order valence-electron chi connectivity index (χ3n) is 13.7. The highest BCUT2D eigenvalue weighted by atomic mass is 19.1. The van der Waals surface area contributed by atoms with Crippen LogP contribution >= 0.6 is 0 Å². The SMILES string of the molecule is C.C.C.C#CC.C=CC(=O)CC.CC(=O)Nc1cccc(C)c1.CCC(C)=O.CCN1CCCCC1.CCN1CCN(C)CC1.CN1CCCCC1.CN1CCN(C)CC1.CNC(=O)Nc1ccc(F)c(C)c1.COCc1cccc(C)c1.COCc1ccccn1. The Labute approximate surface area is 562 Å². The van der Waals surface area contributed by atoms with Gasteiger partial charge in [0.1, 0.15) is 11.6 Å². The molecule has 0 saturated carbocycles. The molecule has 4 fully saturated rings. The maximum atomic E-state index is 12.8. The first-order valence-corrected chi connectivity index (χ1v) is 31.7. The molecule has 92 heavy (non-hydrogen) atoms. The predicted octanol–water partition coefficient (Wildman–Crippen LogP) is 14.6. The molecule has 4 saturated heterocycles. The van der Waals surface area contributed by atoms with Crippen LogP contribution in [0, 0.1) is 38.9 Å². The first kappa shape index (κ1) is 96.9. The number of nitrogens with zero attached hydrogens (tertiary/aromatic N) is 7. The van der Waals surface area contributed by atoms with E-state index in [1.165, 1.54) is 173 Å². The number of likely N-dealkylation sites (N-methyl/N-ethyl adjacent to an activating group) is 4. The lowest BCUT2D eigenvalue weighted by atomic mass is 10.1. The van der Waals surface area contributed by atoms with E-state index in [0.29, 0.717) is 37.3 Å². The molecule has 8 rings (SSSR count). The van der Waals surface area contributed by atoms with E-state index in [-0.39, 0.29) is 51.6 Å². The second-order valence-corrected chi connectivity index (χ2v) is 22.0. The van der Waals surface area contributed by atoms with Crippen LogP contribution < -0.4 is 16.0 Å². The zero-order valence-electron chi connectivity index (χ0n) is 58.5. The molecule has 3 aromatic carbocycles. The molecule has 0 bridgehead atoms. The summed E-state index contributed by atoms with van der Waals surface area (Å²) in [5.41, 5.74) is 6.60. The molecule has 16 nitrogen and oxygen atoms in total. The number of rotatable bonds is 11. The second-order valence-electron chi connectivity index (χ2n) is 22.0. The number of piperazine rings is 2. The number of ether oxygens (including phenoxy) is 2. The van der Waals surface area contributed by atoms with Crippen LogP contribution in [0.2, 0.25) is 0 Å². The van der Waals surface area contributed by atoms with E-state index in [2.05, 4.69) is 136 Å². The molecule has 526 valence electrons. The molecule has 3 N–H and O–H groups in total. The number of likely N-dealkylation sites (tertiary alicyclic amines) is 2. The minimum atomic E-state index is -0.314. The van der Waals surface area contributed by atoms with Crippen molar-refractivity contribution in [2.45, 2.75) is 156 Å². The number of Topliss-reactive ketones (excluding diaryl/α,β-unsaturated/α-hetero) is 1. The number of hydrogen-bond donors (Lipinski definition) is 3. The van der Waals surface area contributed by atoms with E-state index >= 15 is 0 Å². The maximum absolute atomic E-state index is 12.8. The van der Waals surface area contributed by atoms with Crippen molar-refractivity contribution in [3.8, 4) is 12.3 Å². The number of methoxy groups -OCH3 is 2. The van der Waals surface area contributed by atoms with Gasteiger partial charge in [0, 0.05) is 111 Å². The number of aromatic nitrogens is 1. The molecule has 1 aromatic heterocycles. The minimum Gasteiger partial charge on any atom is -0.380 e. The Morgan fingerprint density at radius 1 is 0.598 bits per heavy atom. The van der Waals surface area contributed by atoms with E-state index in [0.717, 1.165) is 16.9 Å². The number of urea groups is 1. The molecule has 0 radical (unpaired) electrons. The maximum Gasteiger partial charge on any atom is 0.318 e.